The zero-order chi connectivity index (χ0) is 43.7. The van der Waals surface area contributed by atoms with Crippen LogP contribution in [0.1, 0.15) is 379 Å². The van der Waals surface area contributed by atoms with Crippen LogP contribution in [0, 0.1) is 0 Å². The Kier molecular flexibility index (Phi) is 59.3. The summed E-state index contributed by atoms with van der Waals surface area (Å²) < 4.78 is 0. The van der Waals surface area contributed by atoms with Crippen LogP contribution in [0.5, 0.6) is 0 Å². The van der Waals surface area contributed by atoms with Gasteiger partial charge in [0.15, 0.2) is 0 Å². The van der Waals surface area contributed by atoms with E-state index in [0.29, 0.717) is 0 Å². The molecule has 1 nitrogen and oxygen atoms in total. The van der Waals surface area contributed by atoms with Crippen LogP contribution >= 0.6 is 0 Å². The number of aldehydes is 1. The van der Waals surface area contributed by atoms with Gasteiger partial charge in [0.2, 0.25) is 0 Å². The number of carbonyl (C=O) groups excluding carboxylic acids is 1. The number of unbranched alkanes of at least 4 members (excludes halogenated alkanes) is 57. The fourth-order valence-corrected chi connectivity index (χ4v) is 10.0. The molecule has 0 N–H and O–H groups in total. The van der Waals surface area contributed by atoms with Crippen LogP contribution in [-0.2, 0) is 4.79 Å². The molecule has 0 amide bonds. The highest BCUT2D eigenvalue weighted by Crippen LogP contribution is 2.19. The highest BCUT2D eigenvalue weighted by molar-refractivity contribution is 5.48. The molecule has 61 heavy (non-hydrogen) atoms. The third-order valence-electron chi connectivity index (χ3n) is 14.4. The Morgan fingerprint density at radius 1 is 0.164 bits per heavy atom. The lowest BCUT2D eigenvalue weighted by molar-refractivity contribution is -0.107. The minimum Gasteiger partial charge on any atom is -0.303 e. The largest absolute Gasteiger partial charge is 0.303 e. The molecule has 0 rings (SSSR count). The van der Waals surface area contributed by atoms with Crippen molar-refractivity contribution in [2.24, 2.45) is 0 Å². The summed E-state index contributed by atoms with van der Waals surface area (Å²) in [7, 11) is 0. The molecule has 0 aliphatic rings. The van der Waals surface area contributed by atoms with Gasteiger partial charge in [0, 0.05) is 6.42 Å². The van der Waals surface area contributed by atoms with Gasteiger partial charge in [0.1, 0.15) is 6.29 Å². The number of carbonyl (C=O) groups is 1. The molecule has 0 atom stereocenters. The second kappa shape index (κ2) is 59.7. The van der Waals surface area contributed by atoms with Crippen molar-refractivity contribution in [2.45, 2.75) is 379 Å². The van der Waals surface area contributed by atoms with Crippen molar-refractivity contribution < 1.29 is 4.79 Å². The third-order valence-corrected chi connectivity index (χ3v) is 14.4. The van der Waals surface area contributed by atoms with Crippen molar-refractivity contribution in [3.8, 4) is 0 Å². The van der Waals surface area contributed by atoms with Gasteiger partial charge in [-0.15, -0.1) is 0 Å². The van der Waals surface area contributed by atoms with E-state index in [2.05, 4.69) is 6.92 Å². The van der Waals surface area contributed by atoms with Gasteiger partial charge in [-0.25, -0.2) is 0 Å². The van der Waals surface area contributed by atoms with Crippen molar-refractivity contribution in [3.63, 3.8) is 0 Å². The minimum atomic E-state index is 0.764. The minimum absolute atomic E-state index is 0.764. The zero-order valence-electron chi connectivity index (χ0n) is 43.0. The molecule has 0 bridgehead atoms. The van der Waals surface area contributed by atoms with Crippen molar-refractivity contribution in [3.05, 3.63) is 0 Å². The van der Waals surface area contributed by atoms with Gasteiger partial charge < -0.3 is 4.79 Å². The molecule has 0 saturated heterocycles. The summed E-state index contributed by atoms with van der Waals surface area (Å²) in [6.07, 6.45) is 85.4. The first kappa shape index (κ1) is 60.7. The number of hydrogen-bond acceptors (Lipinski definition) is 1. The molecule has 366 valence electrons. The van der Waals surface area contributed by atoms with Crippen molar-refractivity contribution in [1.29, 1.82) is 0 Å². The Morgan fingerprint density at radius 3 is 0.361 bits per heavy atom. The van der Waals surface area contributed by atoms with Gasteiger partial charge in [0.25, 0.3) is 0 Å². The zero-order valence-corrected chi connectivity index (χ0v) is 43.0. The second-order valence-corrected chi connectivity index (χ2v) is 20.8. The summed E-state index contributed by atoms with van der Waals surface area (Å²) in [5, 5.41) is 0. The van der Waals surface area contributed by atoms with Crippen LogP contribution in [0.4, 0.5) is 0 Å². The highest BCUT2D eigenvalue weighted by Gasteiger charge is 2.00. The topological polar surface area (TPSA) is 17.1 Å². The van der Waals surface area contributed by atoms with E-state index >= 15 is 0 Å². The average Bonchev–Trinajstić information content (AvgIpc) is 3.27. The lowest BCUT2D eigenvalue weighted by Crippen LogP contribution is -1.85. The first-order chi connectivity index (χ1) is 30.4. The smallest absolute Gasteiger partial charge is 0.119 e. The molecule has 0 unspecified atom stereocenters. The van der Waals surface area contributed by atoms with E-state index in [1.807, 2.05) is 0 Å². The van der Waals surface area contributed by atoms with E-state index < -0.39 is 0 Å². The second-order valence-electron chi connectivity index (χ2n) is 20.8. The van der Waals surface area contributed by atoms with Gasteiger partial charge in [-0.3, -0.25) is 0 Å². The number of hydrogen-bond donors (Lipinski definition) is 0. The highest BCUT2D eigenvalue weighted by atomic mass is 16.1. The lowest BCUT2D eigenvalue weighted by Gasteiger charge is -2.05. The molecule has 0 aromatic rings. The Hall–Kier alpha value is -0.330. The fraction of sp³-hybridized carbons (Fsp3) is 0.983. The van der Waals surface area contributed by atoms with Crippen LogP contribution < -0.4 is 0 Å². The predicted octanol–water partition coefficient (Wildman–Crippen LogP) is 22.8. The maximum Gasteiger partial charge on any atom is 0.119 e. The van der Waals surface area contributed by atoms with Crippen molar-refractivity contribution >= 4 is 6.29 Å². The average molecular weight is 858 g/mol. The van der Waals surface area contributed by atoms with Crippen LogP contribution in [0.2, 0.25) is 0 Å². The summed E-state index contributed by atoms with van der Waals surface area (Å²) in [4.78, 5) is 10.3. The van der Waals surface area contributed by atoms with Crippen molar-refractivity contribution in [2.75, 3.05) is 0 Å². The van der Waals surface area contributed by atoms with E-state index in [4.69, 9.17) is 0 Å². The van der Waals surface area contributed by atoms with Gasteiger partial charge in [-0.1, -0.05) is 366 Å². The Morgan fingerprint density at radius 2 is 0.262 bits per heavy atom. The maximum atomic E-state index is 10.3. The molecule has 0 spiro atoms. The van der Waals surface area contributed by atoms with Crippen molar-refractivity contribution in [1.82, 2.24) is 0 Å². The molecule has 0 fully saturated rings. The van der Waals surface area contributed by atoms with Crippen LogP contribution in [-0.4, -0.2) is 6.29 Å². The van der Waals surface area contributed by atoms with Gasteiger partial charge in [-0.2, -0.15) is 0 Å². The third kappa shape index (κ3) is 59.7. The summed E-state index contributed by atoms with van der Waals surface area (Å²) in [6.45, 7) is 2.31. The standard InChI is InChI=1S/C60H120O/c1-2-3-4-5-6-7-8-9-10-11-12-13-14-15-16-17-18-19-20-21-22-23-24-25-26-27-28-29-30-31-32-33-34-35-36-37-38-39-40-41-42-43-44-45-46-47-48-49-50-51-52-53-54-55-56-57-58-59-60-61/h60H,2-59H2,1H3. The molecule has 0 aliphatic heterocycles. The Bertz CT molecular complexity index is 729. The Labute approximate surface area is 388 Å². The molecule has 0 aromatic carbocycles. The van der Waals surface area contributed by atoms with E-state index in [0.717, 1.165) is 19.1 Å². The lowest BCUT2D eigenvalue weighted by atomic mass is 10.0. The molecule has 0 saturated carbocycles. The predicted molar refractivity (Wildman–Crippen MR) is 280 cm³/mol. The van der Waals surface area contributed by atoms with Crippen LogP contribution in [0.25, 0.3) is 0 Å². The van der Waals surface area contributed by atoms with Gasteiger partial charge >= 0.3 is 0 Å². The molecular formula is C60H120O. The fourth-order valence-electron chi connectivity index (χ4n) is 10.0. The SMILES string of the molecule is CCCCCCCCCCCCCCCCCCCCCCCCCCCCCCCCCCCCCCCCCCCCCCCCCCCCCCCCCCCC=O. The van der Waals surface area contributed by atoms with Gasteiger partial charge in [0.05, 0.1) is 0 Å². The maximum absolute atomic E-state index is 10.3. The molecule has 0 heterocycles. The molecule has 0 aromatic heterocycles. The molecule has 0 radical (unpaired) electrons. The Balaban J connectivity index is 3.06. The summed E-state index contributed by atoms with van der Waals surface area (Å²) in [6, 6.07) is 0. The molecular weight excluding hydrogens is 737 g/mol. The van der Waals surface area contributed by atoms with Crippen LogP contribution in [0.3, 0.4) is 0 Å². The summed E-state index contributed by atoms with van der Waals surface area (Å²) >= 11 is 0. The normalized spacial score (nSPS) is 11.6. The quantitative estimate of drug-likeness (QED) is 0.0440. The summed E-state index contributed by atoms with van der Waals surface area (Å²) in [5.41, 5.74) is 0. The van der Waals surface area contributed by atoms with E-state index in [-0.39, 0.29) is 0 Å². The molecule has 1 heteroatoms. The first-order valence-electron chi connectivity index (χ1n) is 29.9. The summed E-state index contributed by atoms with van der Waals surface area (Å²) in [5.74, 6) is 0. The van der Waals surface area contributed by atoms with E-state index in [1.54, 1.807) is 0 Å². The molecule has 0 aliphatic carbocycles. The monoisotopic (exact) mass is 857 g/mol. The number of rotatable bonds is 58. The van der Waals surface area contributed by atoms with E-state index in [9.17, 15) is 4.79 Å². The van der Waals surface area contributed by atoms with Gasteiger partial charge in [-0.05, 0) is 6.42 Å². The first-order valence-corrected chi connectivity index (χ1v) is 29.9. The van der Waals surface area contributed by atoms with E-state index in [1.165, 1.54) is 360 Å². The van der Waals surface area contributed by atoms with Crippen LogP contribution in [0.15, 0.2) is 0 Å².